The molecule has 2 heterocycles. The lowest BCUT2D eigenvalue weighted by Gasteiger charge is -2.23. The molecule has 4 rings (SSSR count). The monoisotopic (exact) mass is 701 g/mol. The van der Waals surface area contributed by atoms with Crippen LogP contribution in [0.4, 0.5) is 0 Å². The number of aliphatic hydroxyl groups excluding tert-OH is 4. The summed E-state index contributed by atoms with van der Waals surface area (Å²) >= 11 is 0. The highest BCUT2D eigenvalue weighted by atomic mass is 16.3. The third kappa shape index (κ3) is 9.63. The van der Waals surface area contributed by atoms with Crippen LogP contribution in [-0.4, -0.2) is 72.9 Å². The van der Waals surface area contributed by atoms with E-state index >= 15 is 0 Å². The number of phenols is 1. The lowest BCUT2D eigenvalue weighted by molar-refractivity contribution is -0.119. The van der Waals surface area contributed by atoms with E-state index in [4.69, 9.17) is 0 Å². The molecule has 3 aliphatic rings. The molecular weight excluding hydrogens is 654 g/mol. The van der Waals surface area contributed by atoms with Gasteiger partial charge in [0.2, 0.25) is 5.78 Å². The molecule has 6 atom stereocenters. The number of aryl methyl sites for hydroxylation is 1. The molecule has 1 aromatic rings. The van der Waals surface area contributed by atoms with Gasteiger partial charge in [0.25, 0.3) is 11.7 Å². The molecule has 0 unspecified atom stereocenters. The topological polar surface area (TPSA) is 199 Å². The van der Waals surface area contributed by atoms with Crippen LogP contribution in [0.25, 0.3) is 5.76 Å². The van der Waals surface area contributed by atoms with E-state index in [2.05, 4.69) is 5.32 Å². The standard InChI is InChI=1S/C40H47NO10/c1-20-11-9-8-10-12-23(4)40(51)41-33-37(48)28-18-26(7)36(47)32(31(28)38(49)39(33)50)35(46)25(6)17-24(5)34(45)22(3)14-16-27(42)15-13-21(2)30(44)19-29(20)43/h8-14,16-18,20,22,24,27,29,34,42-43,45,47-48H,15,19H2,1-7H3,(H,41,51)/b10-8-,11-9+,16-14+,21-13+,23-12-,25-17+/t20-,22-,24-,27-,29-,34-/m0/s1. The van der Waals surface area contributed by atoms with E-state index in [1.165, 1.54) is 51.1 Å². The number of carbonyl (C=O) groups is 5. The molecular formula is C40H47NO10. The minimum Gasteiger partial charge on any atom is -0.507 e. The van der Waals surface area contributed by atoms with Gasteiger partial charge in [-0.15, -0.1) is 0 Å². The highest BCUT2D eigenvalue weighted by molar-refractivity contribution is 6.53. The van der Waals surface area contributed by atoms with Gasteiger partial charge in [-0.2, -0.15) is 0 Å². The maximum absolute atomic E-state index is 13.8. The van der Waals surface area contributed by atoms with E-state index in [1.54, 1.807) is 58.1 Å². The average molecular weight is 702 g/mol. The number of nitrogens with one attached hydrogen (secondary N) is 1. The fourth-order valence-electron chi connectivity index (χ4n) is 5.64. The Hall–Kier alpha value is -4.97. The first-order valence-corrected chi connectivity index (χ1v) is 16.7. The van der Waals surface area contributed by atoms with Crippen molar-refractivity contribution in [1.29, 1.82) is 0 Å². The van der Waals surface area contributed by atoms with Gasteiger partial charge in [-0.25, -0.2) is 0 Å². The van der Waals surface area contributed by atoms with Crippen LogP contribution in [0.1, 0.15) is 86.2 Å². The summed E-state index contributed by atoms with van der Waals surface area (Å²) < 4.78 is 0. The van der Waals surface area contributed by atoms with Gasteiger partial charge in [-0.1, -0.05) is 75.5 Å². The van der Waals surface area contributed by atoms with Crippen molar-refractivity contribution in [2.45, 2.75) is 79.6 Å². The van der Waals surface area contributed by atoms with Gasteiger partial charge in [-0.05, 0) is 56.9 Å². The number of benzene rings is 1. The lowest BCUT2D eigenvalue weighted by atomic mass is 9.82. The molecule has 11 nitrogen and oxygen atoms in total. The molecule has 51 heavy (non-hydrogen) atoms. The van der Waals surface area contributed by atoms with Crippen molar-refractivity contribution in [3.05, 3.63) is 105 Å². The van der Waals surface area contributed by atoms with Crippen LogP contribution >= 0.6 is 0 Å². The van der Waals surface area contributed by atoms with Gasteiger partial charge < -0.3 is 30.8 Å². The molecule has 11 heteroatoms. The molecule has 0 saturated carbocycles. The number of amides is 1. The SMILES string of the molecule is C/C1=C/C=C\C=C\[C@H](C)[C@@H](O)CC(=O)/C(C)=C/C[C@H](O)/C=C/[C@H](C)[C@H](O)[C@@H](C)/C=C(\C)C(=O)c2c(O)c(C)cc3c2C(=O)C(=O)C(=C3O)NC1=O. The first kappa shape index (κ1) is 40.5. The molecule has 272 valence electrons. The van der Waals surface area contributed by atoms with Gasteiger partial charge in [0.05, 0.1) is 29.4 Å². The maximum Gasteiger partial charge on any atom is 0.253 e. The van der Waals surface area contributed by atoms with Crippen molar-refractivity contribution in [3.8, 4) is 5.75 Å². The van der Waals surface area contributed by atoms with Crippen molar-refractivity contribution in [1.82, 2.24) is 5.32 Å². The number of rotatable bonds is 0. The molecule has 0 fully saturated rings. The third-order valence-electron chi connectivity index (χ3n) is 9.14. The summed E-state index contributed by atoms with van der Waals surface area (Å²) in [6.45, 7) is 11.0. The predicted octanol–water partition coefficient (Wildman–Crippen LogP) is 4.85. The first-order chi connectivity index (χ1) is 23.9. The highest BCUT2D eigenvalue weighted by Gasteiger charge is 2.39. The van der Waals surface area contributed by atoms with Gasteiger partial charge in [0.15, 0.2) is 17.3 Å². The Morgan fingerprint density at radius 2 is 1.37 bits per heavy atom. The second-order valence-electron chi connectivity index (χ2n) is 13.3. The first-order valence-electron chi connectivity index (χ1n) is 16.7. The van der Waals surface area contributed by atoms with Crippen molar-refractivity contribution >= 4 is 34.8 Å². The predicted molar refractivity (Wildman–Crippen MR) is 193 cm³/mol. The van der Waals surface area contributed by atoms with Crippen LogP contribution in [0.3, 0.4) is 0 Å². The summed E-state index contributed by atoms with van der Waals surface area (Å²) in [5.74, 6) is -7.21. The second kappa shape index (κ2) is 17.3. The molecule has 0 aromatic heterocycles. The Bertz CT molecular complexity index is 1820. The highest BCUT2D eigenvalue weighted by Crippen LogP contribution is 2.37. The zero-order valence-electron chi connectivity index (χ0n) is 29.9. The number of aliphatic hydroxyl groups is 4. The second-order valence-corrected chi connectivity index (χ2v) is 13.3. The number of carbonyl (C=O) groups excluding carboxylic acids is 5. The summed E-state index contributed by atoms with van der Waals surface area (Å²) in [6, 6.07) is 1.24. The van der Waals surface area contributed by atoms with E-state index in [0.717, 1.165) is 0 Å². The number of ketones is 4. The van der Waals surface area contributed by atoms with Crippen LogP contribution in [-0.2, 0) is 14.4 Å². The molecule has 1 amide bonds. The molecule has 2 aliphatic heterocycles. The van der Waals surface area contributed by atoms with Gasteiger partial charge >= 0.3 is 0 Å². The number of hydrogen-bond donors (Lipinski definition) is 6. The van der Waals surface area contributed by atoms with E-state index in [-0.39, 0.29) is 40.9 Å². The molecule has 0 saturated heterocycles. The molecule has 0 radical (unpaired) electrons. The van der Waals surface area contributed by atoms with Gasteiger partial charge in [0.1, 0.15) is 11.4 Å². The number of Topliss-reactive ketones (excluding diaryl/α,β-unsaturated/α-hetero) is 4. The van der Waals surface area contributed by atoms with Crippen molar-refractivity contribution < 1.29 is 49.5 Å². The quantitative estimate of drug-likeness (QED) is 0.161. The van der Waals surface area contributed by atoms with Crippen molar-refractivity contribution in [2.24, 2.45) is 17.8 Å². The summed E-state index contributed by atoms with van der Waals surface area (Å²) in [5.41, 5.74) is -1.23. The Morgan fingerprint density at radius 3 is 2.04 bits per heavy atom. The van der Waals surface area contributed by atoms with Crippen LogP contribution in [0, 0.1) is 24.7 Å². The number of fused-ring (bicyclic) bond motifs is 18. The summed E-state index contributed by atoms with van der Waals surface area (Å²) in [5, 5.41) is 56.5. The van der Waals surface area contributed by atoms with E-state index in [1.807, 2.05) is 0 Å². The van der Waals surface area contributed by atoms with E-state index in [9.17, 15) is 49.5 Å². The smallest absolute Gasteiger partial charge is 0.253 e. The normalized spacial score (nSPS) is 31.6. The fraction of sp³-hybridized carbons (Fsp3) is 0.375. The molecule has 1 aliphatic carbocycles. The van der Waals surface area contributed by atoms with Crippen LogP contribution in [0.2, 0.25) is 0 Å². The Balaban J connectivity index is 2.10. The fourth-order valence-corrected chi connectivity index (χ4v) is 5.64. The van der Waals surface area contributed by atoms with Crippen molar-refractivity contribution in [2.75, 3.05) is 0 Å². The van der Waals surface area contributed by atoms with E-state index < -0.39 is 87.7 Å². The van der Waals surface area contributed by atoms with Crippen LogP contribution in [0.5, 0.6) is 5.75 Å². The Kier molecular flexibility index (Phi) is 13.7. The molecule has 4 bridgehead atoms. The maximum atomic E-state index is 13.8. The number of allylic oxidation sites excluding steroid dienone is 7. The molecule has 6 N–H and O–H groups in total. The zero-order valence-corrected chi connectivity index (χ0v) is 29.9. The number of hydrogen-bond acceptors (Lipinski definition) is 10. The van der Waals surface area contributed by atoms with Gasteiger partial charge in [-0.3, -0.25) is 24.0 Å². The number of phenolic OH excluding ortho intramolecular Hbond substituents is 1. The molecule has 1 aromatic carbocycles. The average Bonchev–Trinajstić information content (AvgIpc) is 3.09. The largest absolute Gasteiger partial charge is 0.507 e. The van der Waals surface area contributed by atoms with Crippen LogP contribution < -0.4 is 5.32 Å². The molecule has 0 spiro atoms. The van der Waals surface area contributed by atoms with Gasteiger partial charge in [0, 0.05) is 35.3 Å². The van der Waals surface area contributed by atoms with Crippen molar-refractivity contribution in [3.63, 3.8) is 0 Å². The van der Waals surface area contributed by atoms with E-state index in [0.29, 0.717) is 5.57 Å². The van der Waals surface area contributed by atoms with Crippen LogP contribution in [0.15, 0.2) is 83.2 Å². The summed E-state index contributed by atoms with van der Waals surface area (Å²) in [7, 11) is 0. The Labute approximate surface area is 297 Å². The summed E-state index contributed by atoms with van der Waals surface area (Å²) in [6.07, 6.45) is 11.0. The minimum atomic E-state index is -1.29. The third-order valence-corrected chi connectivity index (χ3v) is 9.14. The minimum absolute atomic E-state index is 0.0427. The lowest BCUT2D eigenvalue weighted by Crippen LogP contribution is -2.36. The Morgan fingerprint density at radius 1 is 0.706 bits per heavy atom. The zero-order chi connectivity index (χ0) is 38.3. The summed E-state index contributed by atoms with van der Waals surface area (Å²) in [4.78, 5) is 66.2. The number of aromatic hydroxyl groups is 1.